The molecule has 1 aromatic heterocycles. The third-order valence-corrected chi connectivity index (χ3v) is 4.02. The van der Waals surface area contributed by atoms with Gasteiger partial charge >= 0.3 is 5.97 Å². The second-order valence-electron chi connectivity index (χ2n) is 5.21. The Morgan fingerprint density at radius 2 is 1.87 bits per heavy atom. The van der Waals surface area contributed by atoms with Crippen LogP contribution in [-0.4, -0.2) is 27.8 Å². The van der Waals surface area contributed by atoms with E-state index in [1.165, 1.54) is 6.92 Å². The lowest BCUT2D eigenvalue weighted by molar-refractivity contribution is -0.123. The average molecular weight is 380 g/mol. The van der Waals surface area contributed by atoms with Gasteiger partial charge in [-0.15, -0.1) is 0 Å². The minimum Gasteiger partial charge on any atom is -0.449 e. The molecule has 0 fully saturated rings. The molecular weight excluding hydrogens is 362 g/mol. The highest BCUT2D eigenvalue weighted by molar-refractivity contribution is 9.10. The quantitative estimate of drug-likeness (QED) is 0.828. The van der Waals surface area contributed by atoms with Crippen molar-refractivity contribution in [2.75, 3.05) is 5.32 Å². The first-order valence-electron chi connectivity index (χ1n) is 7.07. The molecular formula is C16H18BrN3O3. The molecule has 2 rings (SSSR count). The molecule has 0 aliphatic rings. The fourth-order valence-electron chi connectivity index (χ4n) is 2.05. The first kappa shape index (κ1) is 17.2. The van der Waals surface area contributed by atoms with E-state index >= 15 is 0 Å². The number of esters is 1. The minimum atomic E-state index is -0.912. The number of nitrogens with zero attached hydrogens (tertiary/aromatic N) is 2. The van der Waals surface area contributed by atoms with Crippen LogP contribution < -0.4 is 5.32 Å². The molecule has 0 spiro atoms. The van der Waals surface area contributed by atoms with Crippen LogP contribution in [0.4, 0.5) is 5.69 Å². The van der Waals surface area contributed by atoms with Crippen LogP contribution in [-0.2, 0) is 16.6 Å². The molecule has 0 radical (unpaired) electrons. The van der Waals surface area contributed by atoms with Gasteiger partial charge in [0.1, 0.15) is 0 Å². The van der Waals surface area contributed by atoms with Crippen molar-refractivity contribution in [3.8, 4) is 0 Å². The number of amides is 1. The molecule has 1 N–H and O–H groups in total. The molecule has 0 aliphatic heterocycles. The maximum Gasteiger partial charge on any atom is 0.338 e. The summed E-state index contributed by atoms with van der Waals surface area (Å²) in [4.78, 5) is 24.2. The van der Waals surface area contributed by atoms with E-state index in [0.717, 1.165) is 10.2 Å². The van der Waals surface area contributed by atoms with Crippen LogP contribution >= 0.6 is 15.9 Å². The topological polar surface area (TPSA) is 73.2 Å². The van der Waals surface area contributed by atoms with E-state index < -0.39 is 18.0 Å². The highest BCUT2D eigenvalue weighted by Crippen LogP contribution is 2.19. The second-order valence-corrected chi connectivity index (χ2v) is 6.13. The van der Waals surface area contributed by atoms with Crippen LogP contribution in [0.5, 0.6) is 0 Å². The van der Waals surface area contributed by atoms with Gasteiger partial charge in [0.05, 0.1) is 22.6 Å². The molecule has 122 valence electrons. The Morgan fingerprint density at radius 1 is 1.26 bits per heavy atom. The summed E-state index contributed by atoms with van der Waals surface area (Å²) < 4.78 is 7.75. The summed E-state index contributed by atoms with van der Waals surface area (Å²) in [7, 11) is 1.80. The lowest BCUT2D eigenvalue weighted by atomic mass is 10.2. The van der Waals surface area contributed by atoms with Crippen LogP contribution in [0.3, 0.4) is 0 Å². The van der Waals surface area contributed by atoms with Gasteiger partial charge in [-0.1, -0.05) is 15.9 Å². The predicted octanol–water partition coefficient (Wildman–Crippen LogP) is 2.98. The molecule has 1 heterocycles. The Labute approximate surface area is 143 Å². The van der Waals surface area contributed by atoms with Gasteiger partial charge in [0.2, 0.25) is 0 Å². The van der Waals surface area contributed by atoms with E-state index in [1.807, 2.05) is 6.92 Å². The van der Waals surface area contributed by atoms with Crippen LogP contribution in [0.2, 0.25) is 0 Å². The summed E-state index contributed by atoms with van der Waals surface area (Å²) in [6, 6.07) is 6.74. The molecule has 23 heavy (non-hydrogen) atoms. The van der Waals surface area contributed by atoms with Crippen molar-refractivity contribution in [3.63, 3.8) is 0 Å². The lowest BCUT2D eigenvalue weighted by Crippen LogP contribution is -2.30. The number of hydrogen-bond acceptors (Lipinski definition) is 4. The first-order valence-corrected chi connectivity index (χ1v) is 7.86. The molecule has 1 aromatic carbocycles. The highest BCUT2D eigenvalue weighted by Gasteiger charge is 2.21. The van der Waals surface area contributed by atoms with Gasteiger partial charge in [-0.05, 0) is 45.0 Å². The zero-order valence-corrected chi connectivity index (χ0v) is 15.0. The second kappa shape index (κ2) is 6.95. The Kier molecular flexibility index (Phi) is 5.20. The molecule has 7 heteroatoms. The summed E-state index contributed by atoms with van der Waals surface area (Å²) in [5.74, 6) is -0.936. The molecule has 0 saturated heterocycles. The Balaban J connectivity index is 2.02. The summed E-state index contributed by atoms with van der Waals surface area (Å²) in [6.45, 7) is 5.20. The van der Waals surface area contributed by atoms with Crippen LogP contribution in [0, 0.1) is 13.8 Å². The van der Waals surface area contributed by atoms with Crippen molar-refractivity contribution in [2.24, 2.45) is 7.05 Å². The van der Waals surface area contributed by atoms with Gasteiger partial charge in [0.25, 0.3) is 5.91 Å². The third-order valence-electron chi connectivity index (χ3n) is 3.49. The summed E-state index contributed by atoms with van der Waals surface area (Å²) in [6.07, 6.45) is -0.912. The van der Waals surface area contributed by atoms with E-state index in [0.29, 0.717) is 16.9 Å². The number of aryl methyl sites for hydroxylation is 2. The number of halogens is 1. The van der Waals surface area contributed by atoms with Crippen molar-refractivity contribution in [1.82, 2.24) is 9.78 Å². The van der Waals surface area contributed by atoms with Crippen molar-refractivity contribution in [2.45, 2.75) is 26.9 Å². The van der Waals surface area contributed by atoms with E-state index in [-0.39, 0.29) is 0 Å². The predicted molar refractivity (Wildman–Crippen MR) is 90.3 cm³/mol. The van der Waals surface area contributed by atoms with E-state index in [1.54, 1.807) is 42.9 Å². The Bertz CT molecular complexity index is 738. The van der Waals surface area contributed by atoms with E-state index in [4.69, 9.17) is 4.74 Å². The molecule has 2 aromatic rings. The van der Waals surface area contributed by atoms with Crippen molar-refractivity contribution >= 4 is 33.5 Å². The Hall–Kier alpha value is -2.15. The smallest absolute Gasteiger partial charge is 0.338 e. The standard InChI is InChI=1S/C16H18BrN3O3/c1-9-14(10(2)20(4)19-9)18-15(21)11(3)23-16(22)12-5-7-13(17)8-6-12/h5-8,11H,1-4H3,(H,18,21)/t11-/m0/s1. The van der Waals surface area contributed by atoms with Gasteiger partial charge < -0.3 is 10.1 Å². The number of ether oxygens (including phenoxy) is 1. The number of nitrogens with one attached hydrogen (secondary N) is 1. The number of aromatic nitrogens is 2. The number of carbonyl (C=O) groups excluding carboxylic acids is 2. The molecule has 1 amide bonds. The van der Waals surface area contributed by atoms with Crippen molar-refractivity contribution in [3.05, 3.63) is 45.7 Å². The molecule has 0 bridgehead atoms. The molecule has 0 saturated carbocycles. The van der Waals surface area contributed by atoms with Crippen molar-refractivity contribution in [1.29, 1.82) is 0 Å². The molecule has 0 aliphatic carbocycles. The van der Waals surface area contributed by atoms with Crippen LogP contribution in [0.15, 0.2) is 28.7 Å². The minimum absolute atomic E-state index is 0.390. The SMILES string of the molecule is Cc1nn(C)c(C)c1NC(=O)[C@H](C)OC(=O)c1ccc(Br)cc1. The lowest BCUT2D eigenvalue weighted by Gasteiger charge is -2.14. The van der Waals surface area contributed by atoms with E-state index in [9.17, 15) is 9.59 Å². The van der Waals surface area contributed by atoms with Gasteiger partial charge in [-0.25, -0.2) is 4.79 Å². The van der Waals surface area contributed by atoms with Crippen LogP contribution in [0.1, 0.15) is 28.7 Å². The summed E-state index contributed by atoms with van der Waals surface area (Å²) in [5, 5.41) is 6.99. The number of rotatable bonds is 4. The Morgan fingerprint density at radius 3 is 2.39 bits per heavy atom. The normalized spacial score (nSPS) is 11.9. The molecule has 6 nitrogen and oxygen atoms in total. The van der Waals surface area contributed by atoms with Crippen molar-refractivity contribution < 1.29 is 14.3 Å². The fourth-order valence-corrected chi connectivity index (χ4v) is 2.31. The average Bonchev–Trinajstić information content (AvgIpc) is 2.74. The van der Waals surface area contributed by atoms with E-state index in [2.05, 4.69) is 26.3 Å². The maximum absolute atomic E-state index is 12.2. The maximum atomic E-state index is 12.2. The van der Waals surface area contributed by atoms with Gasteiger partial charge in [0.15, 0.2) is 6.10 Å². The number of carbonyl (C=O) groups is 2. The first-order chi connectivity index (χ1) is 10.8. The van der Waals surface area contributed by atoms with Gasteiger partial charge in [-0.3, -0.25) is 9.48 Å². The molecule has 0 unspecified atom stereocenters. The summed E-state index contributed by atoms with van der Waals surface area (Å²) in [5.41, 5.74) is 2.58. The summed E-state index contributed by atoms with van der Waals surface area (Å²) >= 11 is 3.30. The van der Waals surface area contributed by atoms with Gasteiger partial charge in [0, 0.05) is 11.5 Å². The monoisotopic (exact) mass is 379 g/mol. The zero-order chi connectivity index (χ0) is 17.1. The highest BCUT2D eigenvalue weighted by atomic mass is 79.9. The molecule has 1 atom stereocenters. The third kappa shape index (κ3) is 3.98. The van der Waals surface area contributed by atoms with Crippen LogP contribution in [0.25, 0.3) is 0 Å². The zero-order valence-electron chi connectivity index (χ0n) is 13.4. The number of benzene rings is 1. The number of anilines is 1. The number of hydrogen-bond donors (Lipinski definition) is 1. The fraction of sp³-hybridized carbons (Fsp3) is 0.312. The largest absolute Gasteiger partial charge is 0.449 e. The van der Waals surface area contributed by atoms with Gasteiger partial charge in [-0.2, -0.15) is 5.10 Å².